The molecule has 2 rings (SSSR count). The maximum Gasteiger partial charge on any atom is 0.265 e. The second-order valence-corrected chi connectivity index (χ2v) is 7.01. The first-order chi connectivity index (χ1) is 9.29. The largest absolute Gasteiger partial charge is 0.389 e. The molecule has 0 atom stereocenters. The highest BCUT2D eigenvalue weighted by Gasteiger charge is 2.20. The van der Waals surface area contributed by atoms with Crippen molar-refractivity contribution in [1.29, 1.82) is 0 Å². The summed E-state index contributed by atoms with van der Waals surface area (Å²) < 4.78 is 30.6. The third-order valence-electron chi connectivity index (χ3n) is 2.26. The maximum absolute atomic E-state index is 12.2. The standard InChI is InChI=1S/C10H9ClN4O2S3/c1-5-13-10(19-14-5)15-20(16,17)8-3-2-6(9(12)18)4-7(8)11/h2-4H,1H3,(H2,12,18)(H,13,14,15). The monoisotopic (exact) mass is 348 g/mol. The third kappa shape index (κ3) is 3.23. The van der Waals surface area contributed by atoms with Gasteiger partial charge < -0.3 is 5.73 Å². The summed E-state index contributed by atoms with van der Waals surface area (Å²) in [6.07, 6.45) is 0. The third-order valence-corrected chi connectivity index (χ3v) is 5.16. The van der Waals surface area contributed by atoms with Crippen LogP contribution in [0, 0.1) is 6.92 Å². The lowest BCUT2D eigenvalue weighted by atomic mass is 10.2. The summed E-state index contributed by atoms with van der Waals surface area (Å²) in [4.78, 5) is 4.00. The summed E-state index contributed by atoms with van der Waals surface area (Å²) >= 11 is 11.7. The minimum absolute atomic E-state index is 0.0315. The number of aromatic nitrogens is 2. The molecule has 0 aliphatic heterocycles. The number of halogens is 1. The Morgan fingerprint density at radius 1 is 1.50 bits per heavy atom. The van der Waals surface area contributed by atoms with Gasteiger partial charge in [-0.25, -0.2) is 13.4 Å². The molecule has 1 heterocycles. The highest BCUT2D eigenvalue weighted by atomic mass is 35.5. The summed E-state index contributed by atoms with van der Waals surface area (Å²) in [6, 6.07) is 4.24. The van der Waals surface area contributed by atoms with Crippen molar-refractivity contribution in [2.24, 2.45) is 5.73 Å². The van der Waals surface area contributed by atoms with E-state index >= 15 is 0 Å². The number of hydrogen-bond acceptors (Lipinski definition) is 6. The molecule has 20 heavy (non-hydrogen) atoms. The molecule has 106 valence electrons. The second-order valence-electron chi connectivity index (χ2n) is 3.76. The van der Waals surface area contributed by atoms with Gasteiger partial charge in [0.2, 0.25) is 5.13 Å². The SMILES string of the molecule is Cc1nsc(NS(=O)(=O)c2ccc(C(N)=S)cc2Cl)n1. The lowest BCUT2D eigenvalue weighted by molar-refractivity contribution is 0.601. The lowest BCUT2D eigenvalue weighted by Crippen LogP contribution is -2.15. The molecular formula is C10H9ClN4O2S3. The molecule has 0 bridgehead atoms. The van der Waals surface area contributed by atoms with Crippen LogP contribution < -0.4 is 10.5 Å². The average Bonchev–Trinajstić information content (AvgIpc) is 2.73. The lowest BCUT2D eigenvalue weighted by Gasteiger charge is -2.08. The van der Waals surface area contributed by atoms with Gasteiger partial charge in [-0.1, -0.05) is 29.9 Å². The highest BCUT2D eigenvalue weighted by Crippen LogP contribution is 2.25. The molecular weight excluding hydrogens is 340 g/mol. The Morgan fingerprint density at radius 2 is 2.20 bits per heavy atom. The van der Waals surface area contributed by atoms with Crippen molar-refractivity contribution in [3.63, 3.8) is 0 Å². The van der Waals surface area contributed by atoms with Gasteiger partial charge in [0.15, 0.2) is 0 Å². The fraction of sp³-hybridized carbons (Fsp3) is 0.100. The van der Waals surface area contributed by atoms with Gasteiger partial charge >= 0.3 is 0 Å². The molecule has 0 saturated carbocycles. The van der Waals surface area contributed by atoms with Crippen molar-refractivity contribution >= 4 is 55.5 Å². The number of nitrogens with one attached hydrogen (secondary N) is 1. The van der Waals surface area contributed by atoms with Crippen LogP contribution in [0.1, 0.15) is 11.4 Å². The molecule has 0 saturated heterocycles. The van der Waals surface area contributed by atoms with E-state index in [0.717, 1.165) is 11.5 Å². The smallest absolute Gasteiger partial charge is 0.265 e. The van der Waals surface area contributed by atoms with E-state index in [1.54, 1.807) is 6.92 Å². The van der Waals surface area contributed by atoms with Gasteiger partial charge in [-0.15, -0.1) is 0 Å². The molecule has 2 aromatic rings. The predicted octanol–water partition coefficient (Wildman–Crippen LogP) is 1.93. The van der Waals surface area contributed by atoms with Crippen molar-refractivity contribution in [3.05, 3.63) is 34.6 Å². The summed E-state index contributed by atoms with van der Waals surface area (Å²) in [5, 5.41) is 0.209. The Hall–Kier alpha value is -1.29. The molecule has 1 aromatic carbocycles. The Balaban J connectivity index is 2.37. The quantitative estimate of drug-likeness (QED) is 0.819. The fourth-order valence-corrected chi connectivity index (χ4v) is 3.85. The topological polar surface area (TPSA) is 98.0 Å². The van der Waals surface area contributed by atoms with E-state index in [9.17, 15) is 8.42 Å². The van der Waals surface area contributed by atoms with Gasteiger partial charge in [-0.2, -0.15) is 4.37 Å². The van der Waals surface area contributed by atoms with Crippen molar-refractivity contribution < 1.29 is 8.42 Å². The van der Waals surface area contributed by atoms with E-state index in [1.165, 1.54) is 18.2 Å². The molecule has 0 spiro atoms. The molecule has 0 radical (unpaired) electrons. The van der Waals surface area contributed by atoms with Crippen LogP contribution in [0.3, 0.4) is 0 Å². The van der Waals surface area contributed by atoms with Crippen LogP contribution in [0.15, 0.2) is 23.1 Å². The van der Waals surface area contributed by atoms with Gasteiger partial charge in [-0.05, 0) is 19.1 Å². The first kappa shape index (κ1) is 15.1. The van der Waals surface area contributed by atoms with Crippen LogP contribution in [0.2, 0.25) is 5.02 Å². The second kappa shape index (κ2) is 5.60. The Kier molecular flexibility index (Phi) is 4.23. The highest BCUT2D eigenvalue weighted by molar-refractivity contribution is 7.93. The molecule has 3 N–H and O–H groups in total. The van der Waals surface area contributed by atoms with Crippen LogP contribution in [0.5, 0.6) is 0 Å². The number of nitrogens with two attached hydrogens (primary N) is 1. The number of benzene rings is 1. The molecule has 6 nitrogen and oxygen atoms in total. The van der Waals surface area contributed by atoms with Crippen molar-refractivity contribution in [2.45, 2.75) is 11.8 Å². The Labute approximate surface area is 130 Å². The molecule has 0 fully saturated rings. The summed E-state index contributed by atoms with van der Waals surface area (Å²) in [5.74, 6) is 0.489. The zero-order valence-corrected chi connectivity index (χ0v) is 13.3. The van der Waals surface area contributed by atoms with E-state index in [4.69, 9.17) is 29.6 Å². The van der Waals surface area contributed by atoms with Crippen LogP contribution in [-0.4, -0.2) is 22.8 Å². The van der Waals surface area contributed by atoms with Gasteiger partial charge in [0.05, 0.1) is 5.02 Å². The zero-order chi connectivity index (χ0) is 14.9. The molecule has 10 heteroatoms. The normalized spacial score (nSPS) is 11.3. The summed E-state index contributed by atoms with van der Waals surface area (Å²) in [7, 11) is -3.83. The van der Waals surface area contributed by atoms with Crippen molar-refractivity contribution in [1.82, 2.24) is 9.36 Å². The van der Waals surface area contributed by atoms with Crippen LogP contribution in [-0.2, 0) is 10.0 Å². The summed E-state index contributed by atoms with van der Waals surface area (Å²) in [5.41, 5.74) is 5.96. The van der Waals surface area contributed by atoms with E-state index in [-0.39, 0.29) is 20.0 Å². The Bertz CT molecular complexity index is 773. The van der Waals surface area contributed by atoms with E-state index < -0.39 is 10.0 Å². The summed E-state index contributed by atoms with van der Waals surface area (Å²) in [6.45, 7) is 1.66. The van der Waals surface area contributed by atoms with Crippen LogP contribution >= 0.6 is 35.4 Å². The maximum atomic E-state index is 12.2. The molecule has 0 aliphatic carbocycles. The molecule has 1 aromatic heterocycles. The van der Waals surface area contributed by atoms with Gasteiger partial charge in [0, 0.05) is 17.1 Å². The fourth-order valence-electron chi connectivity index (χ4n) is 1.38. The number of anilines is 1. The van der Waals surface area contributed by atoms with Crippen LogP contribution in [0.25, 0.3) is 0 Å². The number of rotatable bonds is 4. The van der Waals surface area contributed by atoms with Crippen molar-refractivity contribution in [2.75, 3.05) is 4.72 Å². The van der Waals surface area contributed by atoms with E-state index in [1.807, 2.05) is 0 Å². The zero-order valence-electron chi connectivity index (χ0n) is 10.1. The van der Waals surface area contributed by atoms with E-state index in [0.29, 0.717) is 11.4 Å². The molecule has 0 aliphatic rings. The van der Waals surface area contributed by atoms with E-state index in [2.05, 4.69) is 14.1 Å². The van der Waals surface area contributed by atoms with Gasteiger partial charge in [0.1, 0.15) is 15.7 Å². The number of thiocarbonyl (C=S) groups is 1. The number of nitrogens with zero attached hydrogens (tertiary/aromatic N) is 2. The predicted molar refractivity (Wildman–Crippen MR) is 82.8 cm³/mol. The van der Waals surface area contributed by atoms with Crippen molar-refractivity contribution in [3.8, 4) is 0 Å². The minimum atomic E-state index is -3.83. The average molecular weight is 349 g/mol. The first-order valence-corrected chi connectivity index (χ1v) is 8.26. The molecule has 0 unspecified atom stereocenters. The van der Waals surface area contributed by atoms with Gasteiger partial charge in [-0.3, -0.25) is 4.72 Å². The Morgan fingerprint density at radius 3 is 2.70 bits per heavy atom. The molecule has 0 amide bonds. The minimum Gasteiger partial charge on any atom is -0.389 e. The van der Waals surface area contributed by atoms with Crippen LogP contribution in [0.4, 0.5) is 5.13 Å². The number of sulfonamides is 1. The van der Waals surface area contributed by atoms with Gasteiger partial charge in [0.25, 0.3) is 10.0 Å². The first-order valence-electron chi connectivity index (χ1n) is 5.22. The number of aryl methyl sites for hydroxylation is 1. The number of hydrogen-bond donors (Lipinski definition) is 2.